The van der Waals surface area contributed by atoms with Crippen molar-refractivity contribution in [2.24, 2.45) is 0 Å². The van der Waals surface area contributed by atoms with Gasteiger partial charge in [0.15, 0.2) is 13.2 Å². The molecular weight excluding hydrogens is 374 g/mol. The van der Waals surface area contributed by atoms with Crippen LogP contribution in [-0.2, 0) is 9.68 Å². The lowest BCUT2D eigenvalue weighted by atomic mass is 10.1. The quantitative estimate of drug-likeness (QED) is 0.0882. The Morgan fingerprint density at radius 3 is 1.23 bits per heavy atom. The average molecular weight is 425 g/mol. The summed E-state index contributed by atoms with van der Waals surface area (Å²) in [4.78, 5) is 21.6. The van der Waals surface area contributed by atoms with Gasteiger partial charge in [-0.05, 0) is 64.2 Å². The molecule has 0 unspecified atom stereocenters. The summed E-state index contributed by atoms with van der Waals surface area (Å²) >= 11 is 0. The molecule has 0 aromatic heterocycles. The predicted octanol–water partition coefficient (Wildman–Crippen LogP) is 8.80. The Bertz CT molecular complexity index is 371. The molecule has 0 aliphatic heterocycles. The number of hydrogen-bond acceptors (Lipinski definition) is 3. The van der Waals surface area contributed by atoms with Crippen molar-refractivity contribution in [1.29, 1.82) is 0 Å². The monoisotopic (exact) mass is 424 g/mol. The fourth-order valence-corrected chi connectivity index (χ4v) is 3.26. The first-order chi connectivity index (χ1) is 14.8. The van der Waals surface area contributed by atoms with E-state index in [0.717, 1.165) is 25.7 Å². The molecule has 176 valence electrons. The fourth-order valence-electron chi connectivity index (χ4n) is 3.26. The summed E-state index contributed by atoms with van der Waals surface area (Å²) in [5.41, 5.74) is 0. The summed E-state index contributed by atoms with van der Waals surface area (Å²) in [5.74, 6) is 0. The first kappa shape index (κ1) is 28.7. The number of hydrogen-bond donors (Lipinski definition) is 0. The van der Waals surface area contributed by atoms with Gasteiger partial charge in [0, 0.05) is 0 Å². The van der Waals surface area contributed by atoms with Crippen LogP contribution in [0, 0.1) is 4.91 Å². The Morgan fingerprint density at radius 1 is 0.500 bits per heavy atom. The topological polar surface area (TPSA) is 38.5 Å². The van der Waals surface area contributed by atoms with E-state index in [1.165, 1.54) is 89.9 Å². The lowest BCUT2D eigenvalue weighted by Crippen LogP contribution is -2.12. The van der Waals surface area contributed by atoms with E-state index in [4.69, 9.17) is 9.68 Å². The Balaban J connectivity index is 3.20. The summed E-state index contributed by atoms with van der Waals surface area (Å²) in [7, 11) is 0. The van der Waals surface area contributed by atoms with Gasteiger partial charge in [-0.2, -0.15) is 9.68 Å². The van der Waals surface area contributed by atoms with Gasteiger partial charge in [0.05, 0.1) is 0 Å². The van der Waals surface area contributed by atoms with Crippen LogP contribution in [0.25, 0.3) is 0 Å². The maximum Gasteiger partial charge on any atom is 0.477 e. The van der Waals surface area contributed by atoms with Crippen LogP contribution in [0.4, 0.5) is 0 Å². The van der Waals surface area contributed by atoms with Crippen molar-refractivity contribution in [3.63, 3.8) is 0 Å². The molecule has 0 aromatic rings. The SMILES string of the molecule is CCCC=CCCCCCCCCO[N+](=O)OCCCCCCCCC=CCCC. The molecule has 0 aromatic carbocycles. The average Bonchev–Trinajstić information content (AvgIpc) is 2.75. The molecule has 0 saturated carbocycles. The van der Waals surface area contributed by atoms with E-state index in [0.29, 0.717) is 18.3 Å². The summed E-state index contributed by atoms with van der Waals surface area (Å²) in [5, 5.41) is 0.311. The standard InChI is InChI=1S/C26H50NO3/c1-3-5-7-9-11-13-15-17-19-21-23-25-29-27(28)30-26-24-22-20-18-16-14-12-10-8-6-4-2/h7-10H,3-6,11-26H2,1-2H3/q+1. The van der Waals surface area contributed by atoms with Crippen molar-refractivity contribution in [2.45, 2.75) is 129 Å². The molecule has 0 fully saturated rings. The molecule has 0 spiro atoms. The second-order valence-electron chi connectivity index (χ2n) is 8.23. The van der Waals surface area contributed by atoms with Gasteiger partial charge in [0.25, 0.3) is 0 Å². The summed E-state index contributed by atoms with van der Waals surface area (Å²) < 4.78 is 0. The second kappa shape index (κ2) is 25.7. The maximum atomic E-state index is 11.5. The van der Waals surface area contributed by atoms with Gasteiger partial charge < -0.3 is 0 Å². The van der Waals surface area contributed by atoms with E-state index < -0.39 is 0 Å². The van der Waals surface area contributed by atoms with Crippen molar-refractivity contribution < 1.29 is 14.8 Å². The highest BCUT2D eigenvalue weighted by atomic mass is 17.0. The van der Waals surface area contributed by atoms with Gasteiger partial charge in [-0.15, -0.1) is 0 Å². The van der Waals surface area contributed by atoms with Gasteiger partial charge >= 0.3 is 5.09 Å². The van der Waals surface area contributed by atoms with Crippen LogP contribution in [0.1, 0.15) is 129 Å². The van der Waals surface area contributed by atoms with Gasteiger partial charge in [-0.1, -0.05) is 89.5 Å². The molecular formula is C26H50NO3+. The molecule has 0 aliphatic rings. The zero-order chi connectivity index (χ0) is 22.0. The van der Waals surface area contributed by atoms with E-state index in [1.807, 2.05) is 0 Å². The van der Waals surface area contributed by atoms with Crippen molar-refractivity contribution in [3.8, 4) is 0 Å². The van der Waals surface area contributed by atoms with Crippen LogP contribution in [0.15, 0.2) is 24.3 Å². The molecule has 0 atom stereocenters. The normalized spacial score (nSPS) is 11.5. The van der Waals surface area contributed by atoms with E-state index in [1.54, 1.807) is 0 Å². The molecule has 0 saturated heterocycles. The third kappa shape index (κ3) is 24.7. The van der Waals surface area contributed by atoms with Gasteiger partial charge in [-0.3, -0.25) is 0 Å². The van der Waals surface area contributed by atoms with Crippen LogP contribution in [0.5, 0.6) is 0 Å². The van der Waals surface area contributed by atoms with Crippen LogP contribution in [-0.4, -0.2) is 18.3 Å². The van der Waals surface area contributed by atoms with Crippen molar-refractivity contribution in [3.05, 3.63) is 29.2 Å². The van der Waals surface area contributed by atoms with Gasteiger partial charge in [-0.25, -0.2) is 0 Å². The molecule has 4 nitrogen and oxygen atoms in total. The van der Waals surface area contributed by atoms with E-state index >= 15 is 0 Å². The lowest BCUT2D eigenvalue weighted by Gasteiger charge is -2.00. The third-order valence-electron chi connectivity index (χ3n) is 5.17. The van der Waals surface area contributed by atoms with Crippen molar-refractivity contribution >= 4 is 0 Å². The predicted molar refractivity (Wildman–Crippen MR) is 128 cm³/mol. The molecule has 0 bridgehead atoms. The molecule has 0 radical (unpaired) electrons. The highest BCUT2D eigenvalue weighted by Crippen LogP contribution is 2.09. The first-order valence-corrected chi connectivity index (χ1v) is 12.8. The van der Waals surface area contributed by atoms with Gasteiger partial charge in [0.2, 0.25) is 0 Å². The molecule has 0 rings (SSSR count). The van der Waals surface area contributed by atoms with Crippen molar-refractivity contribution in [2.75, 3.05) is 13.2 Å². The van der Waals surface area contributed by atoms with E-state index in [2.05, 4.69) is 38.2 Å². The minimum atomic E-state index is 0.311. The van der Waals surface area contributed by atoms with Crippen LogP contribution >= 0.6 is 0 Å². The number of allylic oxidation sites excluding steroid dienone is 4. The minimum absolute atomic E-state index is 0.311. The van der Waals surface area contributed by atoms with Crippen LogP contribution in [0.3, 0.4) is 0 Å². The molecule has 30 heavy (non-hydrogen) atoms. The van der Waals surface area contributed by atoms with Crippen molar-refractivity contribution in [1.82, 2.24) is 0 Å². The molecule has 0 aliphatic carbocycles. The van der Waals surface area contributed by atoms with Gasteiger partial charge in [0.1, 0.15) is 4.91 Å². The van der Waals surface area contributed by atoms with Crippen LogP contribution < -0.4 is 0 Å². The number of rotatable bonds is 24. The molecule has 0 amide bonds. The summed E-state index contributed by atoms with van der Waals surface area (Å²) in [6.45, 7) is 5.33. The second-order valence-corrected chi connectivity index (χ2v) is 8.23. The zero-order valence-corrected chi connectivity index (χ0v) is 20.1. The number of unbranched alkanes of at least 4 members (excludes halogenated alkanes) is 14. The Hall–Kier alpha value is -1.32. The first-order valence-electron chi connectivity index (χ1n) is 12.8. The Morgan fingerprint density at radius 2 is 0.833 bits per heavy atom. The summed E-state index contributed by atoms with van der Waals surface area (Å²) in [6, 6.07) is 0. The van der Waals surface area contributed by atoms with Crippen LogP contribution in [0.2, 0.25) is 0 Å². The highest BCUT2D eigenvalue weighted by molar-refractivity contribution is 4.81. The molecule has 4 heteroatoms. The highest BCUT2D eigenvalue weighted by Gasteiger charge is 2.11. The Kier molecular flexibility index (Phi) is 24.6. The number of nitrogens with zero attached hydrogens (tertiary/aromatic N) is 1. The molecule has 0 heterocycles. The zero-order valence-electron chi connectivity index (χ0n) is 20.1. The molecule has 0 N–H and O–H groups in total. The smallest absolute Gasteiger partial charge is 0.187 e. The third-order valence-corrected chi connectivity index (χ3v) is 5.17. The Labute approximate surface area is 187 Å². The largest absolute Gasteiger partial charge is 0.477 e. The van der Waals surface area contributed by atoms with E-state index in [9.17, 15) is 4.91 Å². The fraction of sp³-hybridized carbons (Fsp3) is 0.846. The minimum Gasteiger partial charge on any atom is -0.187 e. The maximum absolute atomic E-state index is 11.5. The lowest BCUT2D eigenvalue weighted by molar-refractivity contribution is -0.981. The summed E-state index contributed by atoms with van der Waals surface area (Å²) in [6.07, 6.45) is 30.8. The van der Waals surface area contributed by atoms with E-state index in [-0.39, 0.29) is 0 Å².